The van der Waals surface area contributed by atoms with Gasteiger partial charge < -0.3 is 24.5 Å². The molecule has 2 bridgehead atoms. The van der Waals surface area contributed by atoms with E-state index >= 15 is 0 Å². The molecule has 8 heteroatoms. The van der Waals surface area contributed by atoms with Crippen molar-refractivity contribution in [1.82, 2.24) is 14.7 Å². The Bertz CT molecular complexity index is 1420. The van der Waals surface area contributed by atoms with Gasteiger partial charge in [0.05, 0.1) is 30.1 Å². The van der Waals surface area contributed by atoms with Crippen LogP contribution in [0, 0.1) is 17.8 Å². The van der Waals surface area contributed by atoms with Gasteiger partial charge in [0.1, 0.15) is 11.6 Å². The van der Waals surface area contributed by atoms with Gasteiger partial charge in [-0.05, 0) is 36.3 Å². The molecule has 2 aromatic carbocycles. The van der Waals surface area contributed by atoms with Gasteiger partial charge in [0.25, 0.3) is 0 Å². The second kappa shape index (κ2) is 13.9. The normalized spacial score (nSPS) is 27.6. The first-order chi connectivity index (χ1) is 22.2. The second-order valence-electron chi connectivity index (χ2n) is 13.2. The summed E-state index contributed by atoms with van der Waals surface area (Å²) in [5.41, 5.74) is -0.119. The molecule has 7 atom stereocenters. The Balaban J connectivity index is 1.60. The van der Waals surface area contributed by atoms with E-state index in [1.165, 1.54) is 0 Å². The third-order valence-corrected chi connectivity index (χ3v) is 10.7. The van der Waals surface area contributed by atoms with E-state index in [1.807, 2.05) is 81.4 Å². The fraction of sp³-hybridized carbons (Fsp3) is 0.500. The Morgan fingerprint density at radius 2 is 1.50 bits per heavy atom. The lowest BCUT2D eigenvalue weighted by molar-refractivity contribution is -0.159. The molecule has 246 valence electrons. The summed E-state index contributed by atoms with van der Waals surface area (Å²) in [4.78, 5) is 49.7. The highest BCUT2D eigenvalue weighted by Crippen LogP contribution is 2.65. The minimum Gasteiger partial charge on any atom is -0.394 e. The molecule has 5 rings (SSSR count). The van der Waals surface area contributed by atoms with Crippen molar-refractivity contribution in [2.75, 3.05) is 19.7 Å². The van der Waals surface area contributed by atoms with Gasteiger partial charge in [-0.15, -0.1) is 13.2 Å². The predicted molar refractivity (Wildman–Crippen MR) is 178 cm³/mol. The molecule has 0 aromatic heterocycles. The van der Waals surface area contributed by atoms with Gasteiger partial charge in [-0.1, -0.05) is 100 Å². The maximum absolute atomic E-state index is 14.9. The number of rotatable bonds is 15. The van der Waals surface area contributed by atoms with Crippen LogP contribution < -0.4 is 0 Å². The van der Waals surface area contributed by atoms with Crippen LogP contribution in [-0.2, 0) is 32.2 Å². The summed E-state index contributed by atoms with van der Waals surface area (Å²) in [5.74, 6) is -2.36. The maximum Gasteiger partial charge on any atom is 0.249 e. The van der Waals surface area contributed by atoms with E-state index in [0.717, 1.165) is 11.1 Å². The molecule has 1 spiro atoms. The largest absolute Gasteiger partial charge is 0.394 e. The average Bonchev–Trinajstić information content (AvgIpc) is 3.68. The monoisotopic (exact) mass is 627 g/mol. The van der Waals surface area contributed by atoms with Crippen molar-refractivity contribution in [1.29, 1.82) is 0 Å². The quantitative estimate of drug-likeness (QED) is 0.282. The molecule has 0 aliphatic carbocycles. The van der Waals surface area contributed by atoms with Crippen LogP contribution in [0.25, 0.3) is 0 Å². The van der Waals surface area contributed by atoms with Crippen LogP contribution in [-0.4, -0.2) is 80.5 Å². The molecule has 1 N–H and O–H groups in total. The number of likely N-dealkylation sites (tertiary alicyclic amines) is 1. The van der Waals surface area contributed by atoms with E-state index in [4.69, 9.17) is 4.74 Å². The average molecular weight is 628 g/mol. The minimum atomic E-state index is -1.19. The number of hydrogen-bond donors (Lipinski definition) is 1. The summed E-state index contributed by atoms with van der Waals surface area (Å²) in [6.45, 7) is 14.9. The molecule has 3 heterocycles. The fourth-order valence-electron chi connectivity index (χ4n) is 8.24. The first-order valence-corrected chi connectivity index (χ1v) is 16.7. The van der Waals surface area contributed by atoms with Crippen LogP contribution >= 0.6 is 0 Å². The first-order valence-electron chi connectivity index (χ1n) is 16.7. The lowest BCUT2D eigenvalue weighted by atomic mass is 9.64. The van der Waals surface area contributed by atoms with Crippen molar-refractivity contribution in [3.05, 3.63) is 97.1 Å². The lowest BCUT2D eigenvalue weighted by Crippen LogP contribution is -2.59. The number of nitrogens with zero attached hydrogens (tertiary/aromatic N) is 3. The number of benzene rings is 2. The topological polar surface area (TPSA) is 90.4 Å². The SMILES string of the molecule is C=CCN(Cc1ccccc1)C(=O)C1N([C@@H](CO)[C@@H](C)CC)C(=O)[C@@H]2[C@@H](C(=O)N(CC=C)Cc3ccccc3)[C@@]3(CC)CCC12O3. The molecule has 2 aromatic rings. The number of aliphatic hydroxyl groups is 1. The summed E-state index contributed by atoms with van der Waals surface area (Å²) in [5, 5.41) is 10.7. The molecule has 3 fully saturated rings. The molecule has 0 saturated carbocycles. The molecule has 46 heavy (non-hydrogen) atoms. The van der Waals surface area contributed by atoms with Crippen LogP contribution in [0.4, 0.5) is 0 Å². The summed E-state index contributed by atoms with van der Waals surface area (Å²) in [6, 6.07) is 17.9. The smallest absolute Gasteiger partial charge is 0.249 e. The Hall–Kier alpha value is -3.75. The number of fused-ring (bicyclic) bond motifs is 1. The molecule has 3 aliphatic heterocycles. The number of hydrogen-bond acceptors (Lipinski definition) is 5. The van der Waals surface area contributed by atoms with Crippen molar-refractivity contribution >= 4 is 17.7 Å². The number of ether oxygens (including phenoxy) is 1. The highest BCUT2D eigenvalue weighted by atomic mass is 16.5. The van der Waals surface area contributed by atoms with Gasteiger partial charge in [-0.2, -0.15) is 0 Å². The van der Waals surface area contributed by atoms with Gasteiger partial charge >= 0.3 is 0 Å². The summed E-state index contributed by atoms with van der Waals surface area (Å²) in [7, 11) is 0. The van der Waals surface area contributed by atoms with Crippen LogP contribution in [0.1, 0.15) is 57.6 Å². The second-order valence-corrected chi connectivity index (χ2v) is 13.2. The Morgan fingerprint density at radius 1 is 0.957 bits per heavy atom. The molecule has 8 nitrogen and oxygen atoms in total. The van der Waals surface area contributed by atoms with Gasteiger partial charge in [-0.25, -0.2) is 0 Å². The Kier molecular flexibility index (Phi) is 10.2. The van der Waals surface area contributed by atoms with Crippen LogP contribution in [0.2, 0.25) is 0 Å². The van der Waals surface area contributed by atoms with Crippen molar-refractivity contribution in [3.8, 4) is 0 Å². The maximum atomic E-state index is 14.9. The summed E-state index contributed by atoms with van der Waals surface area (Å²) in [6.07, 6.45) is 5.71. The number of amides is 3. The zero-order valence-electron chi connectivity index (χ0n) is 27.5. The molecule has 3 amide bonds. The van der Waals surface area contributed by atoms with Crippen LogP contribution in [0.15, 0.2) is 86.0 Å². The zero-order valence-corrected chi connectivity index (χ0v) is 27.5. The van der Waals surface area contributed by atoms with E-state index in [-0.39, 0.29) is 36.8 Å². The number of carbonyl (C=O) groups is 3. The van der Waals surface area contributed by atoms with E-state index < -0.39 is 35.1 Å². The third kappa shape index (κ3) is 5.71. The van der Waals surface area contributed by atoms with Crippen molar-refractivity contribution in [2.45, 2.75) is 82.8 Å². The fourth-order valence-corrected chi connectivity index (χ4v) is 8.24. The molecule has 2 unspecified atom stereocenters. The third-order valence-electron chi connectivity index (χ3n) is 10.7. The van der Waals surface area contributed by atoms with Crippen molar-refractivity contribution < 1.29 is 24.2 Å². The Labute approximate surface area is 273 Å². The zero-order chi connectivity index (χ0) is 33.1. The summed E-state index contributed by atoms with van der Waals surface area (Å²) < 4.78 is 7.06. The van der Waals surface area contributed by atoms with Crippen molar-refractivity contribution in [3.63, 3.8) is 0 Å². The minimum absolute atomic E-state index is 0.0803. The van der Waals surface area contributed by atoms with Crippen LogP contribution in [0.5, 0.6) is 0 Å². The molecule has 3 saturated heterocycles. The highest BCUT2D eigenvalue weighted by molar-refractivity contribution is 5.99. The first kappa shape index (κ1) is 33.6. The highest BCUT2D eigenvalue weighted by Gasteiger charge is 2.79. The summed E-state index contributed by atoms with van der Waals surface area (Å²) >= 11 is 0. The molecule has 0 radical (unpaired) electrons. The van der Waals surface area contributed by atoms with E-state index in [1.54, 1.807) is 26.9 Å². The predicted octanol–water partition coefficient (Wildman–Crippen LogP) is 4.98. The molecular formula is C38H49N3O5. The molecule has 3 aliphatic rings. The van der Waals surface area contributed by atoms with Gasteiger partial charge in [0, 0.05) is 26.2 Å². The van der Waals surface area contributed by atoms with E-state index in [2.05, 4.69) is 13.2 Å². The Morgan fingerprint density at radius 3 is 1.98 bits per heavy atom. The van der Waals surface area contributed by atoms with Crippen LogP contribution in [0.3, 0.4) is 0 Å². The van der Waals surface area contributed by atoms with Gasteiger partial charge in [0.2, 0.25) is 17.7 Å². The van der Waals surface area contributed by atoms with Gasteiger partial charge in [-0.3, -0.25) is 14.4 Å². The van der Waals surface area contributed by atoms with Gasteiger partial charge in [0.15, 0.2) is 0 Å². The lowest BCUT2D eigenvalue weighted by Gasteiger charge is -2.41. The number of aliphatic hydroxyl groups excluding tert-OH is 1. The van der Waals surface area contributed by atoms with Crippen molar-refractivity contribution in [2.24, 2.45) is 17.8 Å². The number of carbonyl (C=O) groups excluding carboxylic acids is 3. The van der Waals surface area contributed by atoms with E-state index in [9.17, 15) is 19.5 Å². The molecular weight excluding hydrogens is 578 g/mol. The van der Waals surface area contributed by atoms with E-state index in [0.29, 0.717) is 45.3 Å². The standard InChI is InChI=1S/C38H49N3O5/c1-6-22-39(24-28-16-12-10-13-17-28)34(43)31-32-35(44)41(30(26-42)27(5)8-3)33(38(32)21-20-37(31,9-4)46-38)36(45)40(23-7-2)25-29-18-14-11-15-19-29/h6-7,10-19,27,30-33,42H,1-2,8-9,20-26H2,3-5H3/t27-,30-,31-,32-,33?,37+,38?/m0/s1.